The van der Waals surface area contributed by atoms with E-state index in [-0.39, 0.29) is 11.3 Å². The highest BCUT2D eigenvalue weighted by Crippen LogP contribution is 2.25. The van der Waals surface area contributed by atoms with Gasteiger partial charge in [0.05, 0.1) is 7.11 Å². The van der Waals surface area contributed by atoms with E-state index in [4.69, 9.17) is 0 Å². The number of carbonyl (C=O) groups is 1. The minimum Gasteiger partial charge on any atom is -0.464 e. The normalized spacial score (nSPS) is 12.2. The van der Waals surface area contributed by atoms with Crippen LogP contribution >= 0.6 is 0 Å². The predicted octanol–water partition coefficient (Wildman–Crippen LogP) is 1.43. The van der Waals surface area contributed by atoms with Gasteiger partial charge in [0.25, 0.3) is 0 Å². The predicted molar refractivity (Wildman–Crippen MR) is 65.0 cm³/mol. The van der Waals surface area contributed by atoms with Crippen LogP contribution in [0, 0.1) is 5.82 Å². The number of methoxy groups -OCH3 is 1. The fourth-order valence-corrected chi connectivity index (χ4v) is 1.82. The van der Waals surface area contributed by atoms with Crippen molar-refractivity contribution in [3.05, 3.63) is 53.1 Å². The molecule has 0 amide bonds. The molecule has 0 saturated heterocycles. The van der Waals surface area contributed by atoms with Gasteiger partial charge in [-0.1, -0.05) is 12.1 Å². The third kappa shape index (κ3) is 2.63. The molecule has 1 aromatic heterocycles. The van der Waals surface area contributed by atoms with E-state index in [0.717, 1.165) is 0 Å². The number of nitrogens with zero attached hydrogens (tertiary/aromatic N) is 2. The minimum absolute atomic E-state index is 0.0155. The van der Waals surface area contributed by atoms with Crippen molar-refractivity contribution in [3.8, 4) is 0 Å². The van der Waals surface area contributed by atoms with E-state index < -0.39 is 17.9 Å². The molecule has 0 spiro atoms. The van der Waals surface area contributed by atoms with Crippen LogP contribution in [-0.2, 0) is 11.8 Å². The average molecular weight is 264 g/mol. The molecule has 0 saturated carbocycles. The number of carbonyl (C=O) groups excluding carboxylic acids is 1. The van der Waals surface area contributed by atoms with E-state index in [9.17, 15) is 14.3 Å². The van der Waals surface area contributed by atoms with Gasteiger partial charge in [0.15, 0.2) is 5.69 Å². The Morgan fingerprint density at radius 1 is 1.53 bits per heavy atom. The number of hydrogen-bond donors (Lipinski definition) is 1. The monoisotopic (exact) mass is 264 g/mol. The van der Waals surface area contributed by atoms with E-state index in [0.29, 0.717) is 5.56 Å². The molecular formula is C13H13FN2O3. The molecule has 0 radical (unpaired) electrons. The van der Waals surface area contributed by atoms with Gasteiger partial charge in [-0.25, -0.2) is 9.18 Å². The summed E-state index contributed by atoms with van der Waals surface area (Å²) in [5.41, 5.74) is 0.639. The van der Waals surface area contributed by atoms with Crippen molar-refractivity contribution >= 4 is 5.97 Å². The zero-order chi connectivity index (χ0) is 14.0. The second-order valence-corrected chi connectivity index (χ2v) is 4.06. The van der Waals surface area contributed by atoms with E-state index in [1.165, 1.54) is 36.2 Å². The molecule has 0 aliphatic rings. The first kappa shape index (κ1) is 13.2. The summed E-state index contributed by atoms with van der Waals surface area (Å²) in [5, 5.41) is 14.2. The summed E-state index contributed by atoms with van der Waals surface area (Å²) in [7, 11) is 2.85. The summed E-state index contributed by atoms with van der Waals surface area (Å²) < 4.78 is 19.1. The van der Waals surface area contributed by atoms with Crippen LogP contribution < -0.4 is 0 Å². The molecule has 5 nitrogen and oxygen atoms in total. The minimum atomic E-state index is -1.14. The van der Waals surface area contributed by atoms with Crippen molar-refractivity contribution in [3.63, 3.8) is 0 Å². The van der Waals surface area contributed by atoms with Crippen LogP contribution in [0.4, 0.5) is 4.39 Å². The van der Waals surface area contributed by atoms with Crippen LogP contribution in [0.2, 0.25) is 0 Å². The summed E-state index contributed by atoms with van der Waals surface area (Å²) in [5.74, 6) is -1.11. The summed E-state index contributed by atoms with van der Waals surface area (Å²) in [6.45, 7) is 0. The highest BCUT2D eigenvalue weighted by Gasteiger charge is 2.23. The van der Waals surface area contributed by atoms with E-state index in [1.54, 1.807) is 13.1 Å². The lowest BCUT2D eigenvalue weighted by atomic mass is 10.0. The highest BCUT2D eigenvalue weighted by molar-refractivity contribution is 5.89. The number of aryl methyl sites for hydroxylation is 1. The quantitative estimate of drug-likeness (QED) is 0.852. The molecular weight excluding hydrogens is 251 g/mol. The SMILES string of the molecule is COC(=O)c1nn(C)cc1C(O)c1cccc(F)c1. The second kappa shape index (κ2) is 5.19. The first-order valence-corrected chi connectivity index (χ1v) is 5.58. The van der Waals surface area contributed by atoms with E-state index in [2.05, 4.69) is 9.84 Å². The molecule has 1 N–H and O–H groups in total. The average Bonchev–Trinajstić information content (AvgIpc) is 2.79. The van der Waals surface area contributed by atoms with Crippen LogP contribution in [0.3, 0.4) is 0 Å². The highest BCUT2D eigenvalue weighted by atomic mass is 19.1. The lowest BCUT2D eigenvalue weighted by Gasteiger charge is -2.10. The molecule has 1 heterocycles. The molecule has 0 bridgehead atoms. The molecule has 1 aromatic carbocycles. The Bertz CT molecular complexity index is 610. The van der Waals surface area contributed by atoms with Crippen molar-refractivity contribution in [1.29, 1.82) is 0 Å². The second-order valence-electron chi connectivity index (χ2n) is 4.06. The van der Waals surface area contributed by atoms with Crippen LogP contribution in [0.25, 0.3) is 0 Å². The Morgan fingerprint density at radius 3 is 2.89 bits per heavy atom. The van der Waals surface area contributed by atoms with E-state index in [1.807, 2.05) is 0 Å². The van der Waals surface area contributed by atoms with Gasteiger partial charge < -0.3 is 9.84 Å². The van der Waals surface area contributed by atoms with Crippen molar-refractivity contribution in [2.24, 2.45) is 7.05 Å². The lowest BCUT2D eigenvalue weighted by Crippen LogP contribution is -2.09. The number of rotatable bonds is 3. The number of aliphatic hydroxyl groups excluding tert-OH is 1. The molecule has 0 aliphatic heterocycles. The van der Waals surface area contributed by atoms with Gasteiger partial charge in [0, 0.05) is 18.8 Å². The topological polar surface area (TPSA) is 64.3 Å². The van der Waals surface area contributed by atoms with Crippen LogP contribution in [-0.4, -0.2) is 28.0 Å². The van der Waals surface area contributed by atoms with E-state index >= 15 is 0 Å². The summed E-state index contributed by atoms with van der Waals surface area (Å²) in [4.78, 5) is 11.6. The van der Waals surface area contributed by atoms with Gasteiger partial charge >= 0.3 is 5.97 Å². The zero-order valence-electron chi connectivity index (χ0n) is 10.5. The van der Waals surface area contributed by atoms with Gasteiger partial charge in [-0.15, -0.1) is 0 Å². The summed E-state index contributed by atoms with van der Waals surface area (Å²) in [6, 6.07) is 5.54. The molecule has 6 heteroatoms. The van der Waals surface area contributed by atoms with Crippen molar-refractivity contribution in [2.45, 2.75) is 6.10 Å². The molecule has 2 aromatic rings. The maximum Gasteiger partial charge on any atom is 0.358 e. The summed E-state index contributed by atoms with van der Waals surface area (Å²) in [6.07, 6.45) is 0.362. The van der Waals surface area contributed by atoms with Crippen LogP contribution in [0.5, 0.6) is 0 Å². The van der Waals surface area contributed by atoms with Gasteiger partial charge in [0.1, 0.15) is 11.9 Å². The standard InChI is InChI=1S/C13H13FN2O3/c1-16-7-10(11(15-16)13(18)19-2)12(17)8-4-3-5-9(14)6-8/h3-7,12,17H,1-2H3. The van der Waals surface area contributed by atoms with Crippen molar-refractivity contribution in [1.82, 2.24) is 9.78 Å². The molecule has 1 atom stereocenters. The number of hydrogen-bond acceptors (Lipinski definition) is 4. The lowest BCUT2D eigenvalue weighted by molar-refractivity contribution is 0.0588. The Labute approximate surface area is 109 Å². The van der Waals surface area contributed by atoms with Gasteiger partial charge in [-0.05, 0) is 17.7 Å². The van der Waals surface area contributed by atoms with Crippen LogP contribution in [0.15, 0.2) is 30.5 Å². The largest absolute Gasteiger partial charge is 0.464 e. The molecule has 2 rings (SSSR count). The number of aromatic nitrogens is 2. The number of aliphatic hydroxyl groups is 1. The Kier molecular flexibility index (Phi) is 3.62. The Balaban J connectivity index is 2.44. The Morgan fingerprint density at radius 2 is 2.26 bits per heavy atom. The molecule has 19 heavy (non-hydrogen) atoms. The maximum atomic E-state index is 13.2. The fourth-order valence-electron chi connectivity index (χ4n) is 1.82. The maximum absolute atomic E-state index is 13.2. The molecule has 0 fully saturated rings. The number of benzene rings is 1. The smallest absolute Gasteiger partial charge is 0.358 e. The summed E-state index contributed by atoms with van der Waals surface area (Å²) >= 11 is 0. The number of ether oxygens (including phenoxy) is 1. The fraction of sp³-hybridized carbons (Fsp3) is 0.231. The number of halogens is 1. The Hall–Kier alpha value is -2.21. The zero-order valence-corrected chi connectivity index (χ0v) is 10.5. The molecule has 1 unspecified atom stereocenters. The van der Waals surface area contributed by atoms with Gasteiger partial charge in [-0.2, -0.15) is 5.10 Å². The van der Waals surface area contributed by atoms with Gasteiger partial charge in [0.2, 0.25) is 0 Å². The number of esters is 1. The van der Waals surface area contributed by atoms with Crippen LogP contribution in [0.1, 0.15) is 27.7 Å². The van der Waals surface area contributed by atoms with Gasteiger partial charge in [-0.3, -0.25) is 4.68 Å². The first-order valence-electron chi connectivity index (χ1n) is 5.58. The third-order valence-electron chi connectivity index (χ3n) is 2.69. The van der Waals surface area contributed by atoms with Crippen molar-refractivity contribution in [2.75, 3.05) is 7.11 Å². The molecule has 0 aliphatic carbocycles. The molecule has 100 valence electrons. The third-order valence-corrected chi connectivity index (χ3v) is 2.69. The van der Waals surface area contributed by atoms with Crippen molar-refractivity contribution < 1.29 is 19.0 Å². The first-order chi connectivity index (χ1) is 9.02.